The van der Waals surface area contributed by atoms with Crippen LogP contribution in [0.15, 0.2) is 41.0 Å². The Balaban J connectivity index is 1.67. The number of hydrogen-bond donors (Lipinski definition) is 8. The van der Waals surface area contributed by atoms with Crippen molar-refractivity contribution in [2.75, 3.05) is 5.75 Å². The van der Waals surface area contributed by atoms with Crippen LogP contribution in [-0.2, 0) is 27.2 Å². The van der Waals surface area contributed by atoms with Crippen LogP contribution in [0.25, 0.3) is 6.08 Å². The van der Waals surface area contributed by atoms with Crippen LogP contribution in [0.4, 0.5) is 0 Å². The van der Waals surface area contributed by atoms with Crippen molar-refractivity contribution in [2.45, 2.75) is 90.8 Å². The predicted molar refractivity (Wildman–Crippen MR) is 173 cm³/mol. The van der Waals surface area contributed by atoms with Crippen molar-refractivity contribution in [1.82, 2.24) is 20.9 Å². The average molecular weight is 627 g/mol. The molecule has 6 atom stereocenters. The van der Waals surface area contributed by atoms with E-state index in [0.29, 0.717) is 31.4 Å². The van der Waals surface area contributed by atoms with E-state index in [9.17, 15) is 29.7 Å². The van der Waals surface area contributed by atoms with Gasteiger partial charge in [-0.25, -0.2) is 0 Å². The molecule has 1 aromatic rings. The molecule has 44 heavy (non-hydrogen) atoms. The zero-order valence-corrected chi connectivity index (χ0v) is 26.9. The van der Waals surface area contributed by atoms with Gasteiger partial charge < -0.3 is 36.3 Å². The summed E-state index contributed by atoms with van der Waals surface area (Å²) in [6.07, 6.45) is 6.34. The van der Waals surface area contributed by atoms with Gasteiger partial charge in [0.2, 0.25) is 5.91 Å². The molecule has 240 valence electrons. The number of rotatable bonds is 14. The Labute approximate surface area is 264 Å². The second kappa shape index (κ2) is 14.0. The maximum Gasteiger partial charge on any atom is 0.303 e. The number of aliphatic hydroxyl groups excluding tert-OH is 1. The molecule has 4 heterocycles. The van der Waals surface area contributed by atoms with Crippen LogP contribution in [0.5, 0.6) is 0 Å². The van der Waals surface area contributed by atoms with Gasteiger partial charge >= 0.3 is 11.9 Å². The smallest absolute Gasteiger partial charge is 0.303 e. The van der Waals surface area contributed by atoms with Crippen LogP contribution in [-0.4, -0.2) is 62.0 Å². The van der Waals surface area contributed by atoms with E-state index in [0.717, 1.165) is 51.4 Å². The topological polar surface area (TPSA) is 164 Å². The number of H-pyrrole nitrogens is 1. The number of aromatic nitrogens is 1. The number of carboxylic acids is 2. The number of carbonyl (C=O) groups excluding carboxylic acids is 1. The molecule has 10 nitrogen and oxygen atoms in total. The van der Waals surface area contributed by atoms with Crippen molar-refractivity contribution in [1.29, 1.82) is 0 Å². The molecule has 1 amide bonds. The number of aliphatic carboxylic acids is 2. The molecule has 0 aliphatic carbocycles. The third-order valence-electron chi connectivity index (χ3n) is 9.82. The first kappa shape index (κ1) is 33.3. The number of amides is 1. The van der Waals surface area contributed by atoms with Gasteiger partial charge in [-0.2, -0.15) is 12.6 Å². The fraction of sp³-hybridized carbons (Fsp3) is 0.545. The van der Waals surface area contributed by atoms with Crippen molar-refractivity contribution in [2.24, 2.45) is 17.8 Å². The van der Waals surface area contributed by atoms with E-state index in [1.165, 1.54) is 0 Å². The number of allylic oxidation sites excluding steroid dienone is 2. The maximum atomic E-state index is 12.5. The molecule has 4 rings (SSSR count). The van der Waals surface area contributed by atoms with E-state index >= 15 is 0 Å². The van der Waals surface area contributed by atoms with Gasteiger partial charge in [0.1, 0.15) is 0 Å². The highest BCUT2D eigenvalue weighted by molar-refractivity contribution is 7.80. The first-order valence-corrected chi connectivity index (χ1v) is 16.0. The number of carboxylic acid groups (broad SMARTS) is 2. The van der Waals surface area contributed by atoms with Gasteiger partial charge in [-0.1, -0.05) is 26.5 Å². The largest absolute Gasteiger partial charge is 0.495 e. The zero-order valence-electron chi connectivity index (χ0n) is 26.0. The molecule has 0 radical (unpaired) electrons. The van der Waals surface area contributed by atoms with Gasteiger partial charge in [0.05, 0.1) is 0 Å². The SMILES string of the molecule is C=CC1=C(O)N[C@H](CC2N/C(=C/c3[nH]c(CC4NC(=O)[C@H](C)[C@H]4CCS)c(C)c3CCC(=O)O)C(CCC(=O)O)=C2C)C1C. The van der Waals surface area contributed by atoms with Crippen molar-refractivity contribution >= 4 is 36.6 Å². The summed E-state index contributed by atoms with van der Waals surface area (Å²) in [5.74, 6) is -0.798. The summed E-state index contributed by atoms with van der Waals surface area (Å²) in [5, 5.41) is 39.3. The maximum absolute atomic E-state index is 12.5. The third kappa shape index (κ3) is 7.03. The molecular formula is C33H46N4O6S. The van der Waals surface area contributed by atoms with E-state index in [-0.39, 0.29) is 60.5 Å². The Morgan fingerprint density at radius 1 is 1.00 bits per heavy atom. The van der Waals surface area contributed by atoms with Gasteiger partial charge in [-0.3, -0.25) is 14.4 Å². The highest BCUT2D eigenvalue weighted by Gasteiger charge is 2.39. The van der Waals surface area contributed by atoms with Crippen molar-refractivity contribution < 1.29 is 29.7 Å². The molecule has 0 bridgehead atoms. The molecule has 1 saturated heterocycles. The lowest BCUT2D eigenvalue weighted by Crippen LogP contribution is -2.36. The molecular weight excluding hydrogens is 580 g/mol. The first-order chi connectivity index (χ1) is 20.9. The minimum absolute atomic E-state index is 0.0214. The highest BCUT2D eigenvalue weighted by Crippen LogP contribution is 2.36. The molecule has 3 unspecified atom stereocenters. The van der Waals surface area contributed by atoms with Crippen LogP contribution in [0.3, 0.4) is 0 Å². The van der Waals surface area contributed by atoms with Gasteiger partial charge in [-0.05, 0) is 79.6 Å². The van der Waals surface area contributed by atoms with Crippen LogP contribution in [0.2, 0.25) is 0 Å². The highest BCUT2D eigenvalue weighted by atomic mass is 32.1. The van der Waals surface area contributed by atoms with Crippen LogP contribution < -0.4 is 16.0 Å². The monoisotopic (exact) mass is 626 g/mol. The summed E-state index contributed by atoms with van der Waals surface area (Å²) < 4.78 is 0. The molecule has 7 N–H and O–H groups in total. The average Bonchev–Trinajstić information content (AvgIpc) is 3.60. The summed E-state index contributed by atoms with van der Waals surface area (Å²) in [4.78, 5) is 39.2. The number of hydrogen-bond acceptors (Lipinski definition) is 7. The van der Waals surface area contributed by atoms with E-state index in [1.807, 2.05) is 33.8 Å². The third-order valence-corrected chi connectivity index (χ3v) is 10.1. The van der Waals surface area contributed by atoms with Gasteiger partial charge in [0.25, 0.3) is 0 Å². The van der Waals surface area contributed by atoms with Crippen LogP contribution in [0.1, 0.15) is 75.4 Å². The Bertz CT molecular complexity index is 1410. The normalized spacial score (nSPS) is 27.6. The van der Waals surface area contributed by atoms with E-state index in [1.54, 1.807) is 6.08 Å². The number of aromatic amines is 1. The minimum atomic E-state index is -0.887. The minimum Gasteiger partial charge on any atom is -0.495 e. The van der Waals surface area contributed by atoms with Gasteiger partial charge in [-0.15, -0.1) is 0 Å². The number of carbonyl (C=O) groups is 3. The number of nitrogens with one attached hydrogen (secondary N) is 4. The predicted octanol–water partition coefficient (Wildman–Crippen LogP) is 4.40. The molecule has 3 aliphatic heterocycles. The summed E-state index contributed by atoms with van der Waals surface area (Å²) in [6.45, 7) is 11.8. The molecule has 0 spiro atoms. The van der Waals surface area contributed by atoms with Gasteiger partial charge in [0.15, 0.2) is 5.88 Å². The number of aliphatic hydroxyl groups is 1. The Hall–Kier alpha value is -3.60. The van der Waals surface area contributed by atoms with Crippen LogP contribution in [0, 0.1) is 24.7 Å². The van der Waals surface area contributed by atoms with E-state index < -0.39 is 11.9 Å². The lowest BCUT2D eigenvalue weighted by Gasteiger charge is -2.23. The van der Waals surface area contributed by atoms with E-state index in [2.05, 4.69) is 40.1 Å². The molecule has 0 saturated carbocycles. The molecule has 1 fully saturated rings. The molecule has 3 aliphatic rings. The Kier molecular flexibility index (Phi) is 10.6. The van der Waals surface area contributed by atoms with Crippen LogP contribution >= 0.6 is 12.6 Å². The quantitative estimate of drug-likeness (QED) is 0.141. The van der Waals surface area contributed by atoms with Crippen molar-refractivity contribution in [3.8, 4) is 0 Å². The lowest BCUT2D eigenvalue weighted by atomic mass is 9.86. The zero-order chi connectivity index (χ0) is 32.3. The summed E-state index contributed by atoms with van der Waals surface area (Å²) in [7, 11) is 0. The summed E-state index contributed by atoms with van der Waals surface area (Å²) in [6, 6.07) is -0.171. The van der Waals surface area contributed by atoms with Crippen molar-refractivity contribution in [3.05, 3.63) is 63.5 Å². The first-order valence-electron chi connectivity index (χ1n) is 15.4. The summed E-state index contributed by atoms with van der Waals surface area (Å²) in [5.41, 5.74) is 7.16. The molecule has 0 aromatic carbocycles. The Morgan fingerprint density at radius 3 is 2.30 bits per heavy atom. The summed E-state index contributed by atoms with van der Waals surface area (Å²) >= 11 is 4.41. The lowest BCUT2D eigenvalue weighted by molar-refractivity contribution is -0.138. The fourth-order valence-electron chi connectivity index (χ4n) is 7.08. The molecule has 11 heteroatoms. The van der Waals surface area contributed by atoms with Gasteiger partial charge in [0, 0.05) is 71.9 Å². The molecule has 1 aromatic heterocycles. The Morgan fingerprint density at radius 2 is 1.68 bits per heavy atom. The fourth-order valence-corrected chi connectivity index (χ4v) is 7.38. The van der Waals surface area contributed by atoms with Crippen molar-refractivity contribution in [3.63, 3.8) is 0 Å². The standard InChI is InChI=1S/C33H46N4O6S/c1-6-20-16(2)26(36-33(20)43)13-24-17(3)21(7-9-30(38)39)27(34-24)15-28-22(8-10-31(40)41)18(4)25(35-28)14-29-23(11-12-44)19(5)32(42)37-29/h6,15-16,19,23-24,26,29,34-36,43-44H,1,7-14H2,2-5H3,(H,37,42)(H,38,39)(H,40,41)/b27-15+/t16?,19-,23-,24?,26-,29?/m1/s1. The second-order valence-electron chi connectivity index (χ2n) is 12.4. The second-order valence-corrected chi connectivity index (χ2v) is 12.8. The number of thiol groups is 1. The van der Waals surface area contributed by atoms with E-state index in [4.69, 9.17) is 0 Å².